The molecule has 0 heterocycles. The summed E-state index contributed by atoms with van der Waals surface area (Å²) >= 11 is 5.97. The van der Waals surface area contributed by atoms with Gasteiger partial charge in [-0.3, -0.25) is 9.59 Å². The zero-order valence-corrected chi connectivity index (χ0v) is 23.2. The van der Waals surface area contributed by atoms with E-state index in [0.717, 1.165) is 12.1 Å². The third kappa shape index (κ3) is 8.81. The van der Waals surface area contributed by atoms with E-state index in [0.29, 0.717) is 11.3 Å². The molecule has 0 bridgehead atoms. The first-order valence-corrected chi connectivity index (χ1v) is 12.7. The molecule has 11 heteroatoms. The van der Waals surface area contributed by atoms with Crippen molar-refractivity contribution in [1.29, 1.82) is 0 Å². The number of aromatic hydroxyl groups is 1. The minimum Gasteiger partial charge on any atom is -0.507 e. The molecular weight excluding hydrogens is 549 g/mol. The van der Waals surface area contributed by atoms with E-state index in [9.17, 15) is 27.9 Å². The average Bonchev–Trinajstić information content (AvgIpc) is 2.84. The normalized spacial score (nSPS) is 11.6. The first-order chi connectivity index (χ1) is 18.6. The van der Waals surface area contributed by atoms with Crippen LogP contribution in [-0.4, -0.2) is 42.8 Å². The maximum absolute atomic E-state index is 13.1. The molecule has 0 aliphatic rings. The number of rotatable bonds is 9. The van der Waals surface area contributed by atoms with E-state index in [2.05, 4.69) is 5.32 Å². The molecular formula is C29H30ClF3N2O5. The molecule has 3 aromatic rings. The zero-order valence-electron chi connectivity index (χ0n) is 22.4. The second-order valence-electron chi connectivity index (χ2n) is 10.0. The number of halogens is 4. The van der Waals surface area contributed by atoms with Gasteiger partial charge < -0.3 is 24.8 Å². The van der Waals surface area contributed by atoms with Gasteiger partial charge in [0.2, 0.25) is 0 Å². The van der Waals surface area contributed by atoms with Crippen molar-refractivity contribution in [3.8, 4) is 11.5 Å². The monoisotopic (exact) mass is 578 g/mol. The van der Waals surface area contributed by atoms with Crippen LogP contribution in [0.25, 0.3) is 0 Å². The summed E-state index contributed by atoms with van der Waals surface area (Å²) in [7, 11) is 1.67. The van der Waals surface area contributed by atoms with Gasteiger partial charge in [-0.05, 0) is 62.7 Å². The van der Waals surface area contributed by atoms with Crippen molar-refractivity contribution in [1.82, 2.24) is 0 Å². The Morgan fingerprint density at radius 2 is 1.75 bits per heavy atom. The zero-order chi connectivity index (χ0) is 29.7. The Hall–Kier alpha value is -3.92. The number of ether oxygens (including phenoxy) is 2. The number of carbonyl (C=O) groups is 2. The van der Waals surface area contributed by atoms with Gasteiger partial charge in [-0.25, -0.2) is 0 Å². The molecule has 0 spiro atoms. The summed E-state index contributed by atoms with van der Waals surface area (Å²) in [6.07, 6.45) is -4.31. The topological polar surface area (TPSA) is 88.1 Å². The summed E-state index contributed by atoms with van der Waals surface area (Å²) in [5.74, 6) is -1.17. The number of likely N-dealkylation sites (N-methyl/N-ethyl adjacent to an activating group) is 1. The van der Waals surface area contributed by atoms with Crippen molar-refractivity contribution in [3.63, 3.8) is 0 Å². The molecule has 0 fully saturated rings. The molecule has 40 heavy (non-hydrogen) atoms. The molecule has 0 aliphatic heterocycles. The van der Waals surface area contributed by atoms with Crippen molar-refractivity contribution in [2.45, 2.75) is 39.0 Å². The van der Waals surface area contributed by atoms with Gasteiger partial charge in [0, 0.05) is 30.2 Å². The lowest BCUT2D eigenvalue weighted by atomic mass is 10.1. The highest BCUT2D eigenvalue weighted by atomic mass is 35.5. The lowest BCUT2D eigenvalue weighted by molar-refractivity contribution is -0.153. The van der Waals surface area contributed by atoms with Crippen molar-refractivity contribution in [2.24, 2.45) is 0 Å². The van der Waals surface area contributed by atoms with Gasteiger partial charge in [0.1, 0.15) is 23.6 Å². The number of nitrogens with zero attached hydrogens (tertiary/aromatic N) is 1. The number of benzene rings is 3. The first kappa shape index (κ1) is 30.6. The molecule has 3 rings (SSSR count). The maximum atomic E-state index is 13.1. The van der Waals surface area contributed by atoms with Crippen LogP contribution < -0.4 is 15.0 Å². The quantitative estimate of drug-likeness (QED) is 0.274. The third-order valence-electron chi connectivity index (χ3n) is 5.55. The van der Waals surface area contributed by atoms with E-state index in [4.69, 9.17) is 21.1 Å². The lowest BCUT2D eigenvalue weighted by Crippen LogP contribution is -2.32. The summed E-state index contributed by atoms with van der Waals surface area (Å²) < 4.78 is 50.5. The van der Waals surface area contributed by atoms with Crippen molar-refractivity contribution >= 4 is 34.9 Å². The van der Waals surface area contributed by atoms with E-state index >= 15 is 0 Å². The number of alkyl halides is 3. The van der Waals surface area contributed by atoms with Gasteiger partial charge >= 0.3 is 12.1 Å². The van der Waals surface area contributed by atoms with Gasteiger partial charge in [-0.2, -0.15) is 13.2 Å². The van der Waals surface area contributed by atoms with E-state index in [1.165, 1.54) is 24.3 Å². The number of phenolic OH excluding ortho intramolecular Hbond substituents is 1. The van der Waals surface area contributed by atoms with E-state index in [-0.39, 0.29) is 47.3 Å². The van der Waals surface area contributed by atoms with Crippen LogP contribution in [0.15, 0.2) is 60.7 Å². The van der Waals surface area contributed by atoms with Crippen LogP contribution in [0.4, 0.5) is 24.5 Å². The molecule has 0 saturated carbocycles. The summed E-state index contributed by atoms with van der Waals surface area (Å²) in [5.41, 5.74) is -0.261. The van der Waals surface area contributed by atoms with Crippen molar-refractivity contribution < 1.29 is 37.3 Å². The van der Waals surface area contributed by atoms with Gasteiger partial charge in [-0.1, -0.05) is 29.8 Å². The fraction of sp³-hybridized carbons (Fsp3) is 0.310. The number of amides is 1. The Labute approximate surface area is 235 Å². The molecule has 0 unspecified atom stereocenters. The molecule has 0 aromatic heterocycles. The number of phenols is 1. The second-order valence-corrected chi connectivity index (χ2v) is 10.5. The number of esters is 1. The third-order valence-corrected chi connectivity index (χ3v) is 5.78. The van der Waals surface area contributed by atoms with Crippen LogP contribution in [0.5, 0.6) is 11.5 Å². The van der Waals surface area contributed by atoms with Gasteiger partial charge in [0.25, 0.3) is 5.91 Å². The largest absolute Gasteiger partial charge is 0.507 e. The average molecular weight is 579 g/mol. The molecule has 0 atom stereocenters. The maximum Gasteiger partial charge on any atom is 0.416 e. The van der Waals surface area contributed by atoms with Crippen LogP contribution in [0.1, 0.15) is 42.3 Å². The first-order valence-electron chi connectivity index (χ1n) is 12.3. The predicted molar refractivity (Wildman–Crippen MR) is 147 cm³/mol. The van der Waals surface area contributed by atoms with Crippen molar-refractivity contribution in [3.05, 3.63) is 82.4 Å². The van der Waals surface area contributed by atoms with Crippen LogP contribution in [0.2, 0.25) is 5.02 Å². The minimum atomic E-state index is -4.47. The number of nitrogens with one attached hydrogen (secondary N) is 1. The number of hydrogen-bond donors (Lipinski definition) is 2. The van der Waals surface area contributed by atoms with Crippen molar-refractivity contribution in [2.75, 3.05) is 30.4 Å². The van der Waals surface area contributed by atoms with E-state index < -0.39 is 29.2 Å². The van der Waals surface area contributed by atoms with Gasteiger partial charge in [0.15, 0.2) is 0 Å². The minimum absolute atomic E-state index is 0.00811. The van der Waals surface area contributed by atoms with Crippen LogP contribution in [0.3, 0.4) is 0 Å². The Kier molecular flexibility index (Phi) is 9.57. The lowest BCUT2D eigenvalue weighted by Gasteiger charge is -2.24. The summed E-state index contributed by atoms with van der Waals surface area (Å²) in [4.78, 5) is 26.8. The molecule has 0 aliphatic carbocycles. The molecule has 3 aromatic carbocycles. The molecule has 7 nitrogen and oxygen atoms in total. The van der Waals surface area contributed by atoms with E-state index in [1.807, 2.05) is 0 Å². The number of carbonyl (C=O) groups excluding carboxylic acids is 2. The molecule has 0 saturated heterocycles. The standard InChI is InChI=1S/C29H30ClF3N2O5/c1-28(2,3)40-26(37)17-35(4)21-9-10-23(34-27(38)22-15-20(30)8-11-24(22)36)25(16-21)39-13-12-18-6-5-7-19(14-18)29(31,32)33/h5-11,14-16,36H,12-13,17H2,1-4H3,(H,34,38). The predicted octanol–water partition coefficient (Wildman–Crippen LogP) is 6.72. The second kappa shape index (κ2) is 12.5. The Balaban J connectivity index is 1.83. The Bertz CT molecular complexity index is 1370. The Morgan fingerprint density at radius 3 is 2.42 bits per heavy atom. The van der Waals surface area contributed by atoms with Crippen LogP contribution in [-0.2, 0) is 22.1 Å². The van der Waals surface area contributed by atoms with Gasteiger partial charge in [-0.15, -0.1) is 0 Å². The smallest absolute Gasteiger partial charge is 0.416 e. The summed E-state index contributed by atoms with van der Waals surface area (Å²) in [5, 5.41) is 13.0. The fourth-order valence-corrected chi connectivity index (χ4v) is 3.86. The van der Waals surface area contributed by atoms with Crippen LogP contribution >= 0.6 is 11.6 Å². The van der Waals surface area contributed by atoms with Crippen LogP contribution in [0, 0.1) is 0 Å². The summed E-state index contributed by atoms with van der Waals surface area (Å²) in [6.45, 7) is 5.21. The highest BCUT2D eigenvalue weighted by Crippen LogP contribution is 2.33. The Morgan fingerprint density at radius 1 is 1.02 bits per heavy atom. The molecule has 214 valence electrons. The highest BCUT2D eigenvalue weighted by molar-refractivity contribution is 6.31. The summed E-state index contributed by atoms with van der Waals surface area (Å²) in [6, 6.07) is 13.8. The number of hydrogen-bond acceptors (Lipinski definition) is 6. The van der Waals surface area contributed by atoms with Gasteiger partial charge in [0.05, 0.1) is 23.4 Å². The SMILES string of the molecule is CN(CC(=O)OC(C)(C)C)c1ccc(NC(=O)c2cc(Cl)ccc2O)c(OCCc2cccc(C(F)(F)F)c2)c1. The highest BCUT2D eigenvalue weighted by Gasteiger charge is 2.30. The molecule has 0 radical (unpaired) electrons. The molecule has 2 N–H and O–H groups in total. The molecule has 1 amide bonds. The fourth-order valence-electron chi connectivity index (χ4n) is 3.69. The number of anilines is 2. The van der Waals surface area contributed by atoms with E-state index in [1.54, 1.807) is 57.0 Å².